The lowest BCUT2D eigenvalue weighted by Gasteiger charge is -2.35. The topological polar surface area (TPSA) is 63.1 Å². The number of aromatic nitrogens is 3. The number of hydrogen-bond acceptors (Lipinski definition) is 6. The summed E-state index contributed by atoms with van der Waals surface area (Å²) in [5.74, 6) is 0. The first-order chi connectivity index (χ1) is 14.3. The smallest absolute Gasteiger partial charge is 0.267 e. The van der Waals surface area contributed by atoms with Gasteiger partial charge in [0.2, 0.25) is 0 Å². The number of aryl methyl sites for hydroxylation is 4. The second kappa shape index (κ2) is 8.56. The van der Waals surface area contributed by atoms with Crippen molar-refractivity contribution in [2.75, 3.05) is 25.0 Å². The van der Waals surface area contributed by atoms with Crippen LogP contribution >= 0.6 is 11.3 Å². The quantitative estimate of drug-likeness (QED) is 0.789. The van der Waals surface area contributed by atoms with Gasteiger partial charge in [0, 0.05) is 30.1 Å². The van der Waals surface area contributed by atoms with Crippen LogP contribution in [0.3, 0.4) is 0 Å². The summed E-state index contributed by atoms with van der Waals surface area (Å²) in [5, 5.41) is 9.37. The Hall–Kier alpha value is -1.73. The highest BCUT2D eigenvalue weighted by atomic mass is 32.1. The van der Waals surface area contributed by atoms with Gasteiger partial charge in [-0.1, -0.05) is 6.42 Å². The maximum atomic E-state index is 12.4. The van der Waals surface area contributed by atoms with E-state index < -0.39 is 0 Å². The van der Waals surface area contributed by atoms with Crippen LogP contribution in [-0.2, 0) is 32.2 Å². The summed E-state index contributed by atoms with van der Waals surface area (Å²) in [4.78, 5) is 21.3. The second-order valence-electron chi connectivity index (χ2n) is 8.69. The molecule has 1 aliphatic heterocycles. The molecule has 3 heterocycles. The molecule has 2 aromatic rings. The van der Waals surface area contributed by atoms with E-state index in [1.165, 1.54) is 49.1 Å². The molecule has 7 heteroatoms. The van der Waals surface area contributed by atoms with E-state index in [9.17, 15) is 4.79 Å². The molecule has 5 rings (SSSR count). The third-order valence-corrected chi connectivity index (χ3v) is 7.82. The molecule has 1 N–H and O–H groups in total. The number of thiazole rings is 1. The van der Waals surface area contributed by atoms with Gasteiger partial charge >= 0.3 is 0 Å². The molecule has 156 valence electrons. The fraction of sp³-hybridized carbons (Fsp3) is 0.682. The zero-order valence-corrected chi connectivity index (χ0v) is 18.0. The number of rotatable bonds is 6. The number of anilines is 1. The van der Waals surface area contributed by atoms with Crippen molar-refractivity contribution in [1.29, 1.82) is 0 Å². The van der Waals surface area contributed by atoms with Crippen LogP contribution in [0, 0.1) is 0 Å². The molecule has 0 aromatic carbocycles. The molecule has 0 spiro atoms. The molecule has 2 aromatic heterocycles. The minimum Gasteiger partial charge on any atom is -0.360 e. The normalized spacial score (nSPS) is 21.7. The van der Waals surface area contributed by atoms with Gasteiger partial charge in [0.05, 0.1) is 17.9 Å². The van der Waals surface area contributed by atoms with E-state index in [-0.39, 0.29) is 5.56 Å². The van der Waals surface area contributed by atoms with Crippen molar-refractivity contribution < 1.29 is 0 Å². The minimum atomic E-state index is 0.0608. The van der Waals surface area contributed by atoms with E-state index in [0.717, 1.165) is 61.7 Å². The average molecular weight is 414 g/mol. The van der Waals surface area contributed by atoms with Crippen molar-refractivity contribution in [3.05, 3.63) is 38.2 Å². The molecular weight excluding hydrogens is 382 g/mol. The Balaban J connectivity index is 1.20. The number of hydrogen-bond donors (Lipinski definition) is 1. The average Bonchev–Trinajstić information content (AvgIpc) is 3.37. The minimum absolute atomic E-state index is 0.0608. The molecule has 1 unspecified atom stereocenters. The van der Waals surface area contributed by atoms with E-state index in [1.54, 1.807) is 4.68 Å². The standard InChI is InChI=1S/C22H31N5OS/c28-21-14-16-6-5-9-18(16)25-27(21)13-12-26-11-4-3-7-17(26)15-23-22-24-19-8-1-2-10-20(19)29-22/h14,17H,1-13,15H2,(H,23,24). The van der Waals surface area contributed by atoms with Gasteiger partial charge in [-0.15, -0.1) is 11.3 Å². The van der Waals surface area contributed by atoms with Gasteiger partial charge < -0.3 is 5.32 Å². The summed E-state index contributed by atoms with van der Waals surface area (Å²) in [6.07, 6.45) is 11.8. The van der Waals surface area contributed by atoms with Gasteiger partial charge in [-0.25, -0.2) is 9.67 Å². The molecule has 29 heavy (non-hydrogen) atoms. The summed E-state index contributed by atoms with van der Waals surface area (Å²) in [6.45, 7) is 3.64. The van der Waals surface area contributed by atoms with Crippen molar-refractivity contribution in [3.63, 3.8) is 0 Å². The van der Waals surface area contributed by atoms with E-state index in [1.807, 2.05) is 17.4 Å². The molecule has 0 bridgehead atoms. The number of piperidine rings is 1. The molecular formula is C22H31N5OS. The summed E-state index contributed by atoms with van der Waals surface area (Å²) >= 11 is 1.85. The molecule has 0 radical (unpaired) electrons. The Kier molecular flexibility index (Phi) is 5.68. The van der Waals surface area contributed by atoms with Crippen LogP contribution < -0.4 is 10.9 Å². The monoisotopic (exact) mass is 413 g/mol. The van der Waals surface area contributed by atoms with Crippen LogP contribution in [0.5, 0.6) is 0 Å². The van der Waals surface area contributed by atoms with E-state index in [2.05, 4.69) is 15.3 Å². The molecule has 2 aliphatic carbocycles. The largest absolute Gasteiger partial charge is 0.360 e. The van der Waals surface area contributed by atoms with Crippen LogP contribution in [-0.4, -0.2) is 45.3 Å². The van der Waals surface area contributed by atoms with Gasteiger partial charge in [0.15, 0.2) is 5.13 Å². The lowest BCUT2D eigenvalue weighted by atomic mass is 10.0. The van der Waals surface area contributed by atoms with Crippen LogP contribution in [0.4, 0.5) is 5.13 Å². The highest BCUT2D eigenvalue weighted by molar-refractivity contribution is 7.15. The Morgan fingerprint density at radius 3 is 2.86 bits per heavy atom. The van der Waals surface area contributed by atoms with Gasteiger partial charge in [0.1, 0.15) is 0 Å². The molecule has 0 amide bonds. The maximum absolute atomic E-state index is 12.4. The van der Waals surface area contributed by atoms with Gasteiger partial charge in [-0.05, 0) is 69.9 Å². The summed E-state index contributed by atoms with van der Waals surface area (Å²) < 4.78 is 1.69. The summed E-state index contributed by atoms with van der Waals surface area (Å²) in [5.41, 5.74) is 3.68. The zero-order valence-electron chi connectivity index (χ0n) is 17.2. The third-order valence-electron chi connectivity index (χ3n) is 6.71. The lowest BCUT2D eigenvalue weighted by Crippen LogP contribution is -2.45. The predicted octanol–water partition coefficient (Wildman–Crippen LogP) is 3.03. The molecule has 0 saturated carbocycles. The van der Waals surface area contributed by atoms with Crippen LogP contribution in [0.1, 0.15) is 60.4 Å². The number of fused-ring (bicyclic) bond motifs is 2. The van der Waals surface area contributed by atoms with Crippen molar-refractivity contribution in [2.24, 2.45) is 0 Å². The molecule has 3 aliphatic rings. The summed E-state index contributed by atoms with van der Waals surface area (Å²) in [7, 11) is 0. The summed E-state index contributed by atoms with van der Waals surface area (Å²) in [6, 6.07) is 2.32. The first-order valence-electron chi connectivity index (χ1n) is 11.3. The second-order valence-corrected chi connectivity index (χ2v) is 9.78. The van der Waals surface area contributed by atoms with Crippen molar-refractivity contribution >= 4 is 16.5 Å². The predicted molar refractivity (Wildman–Crippen MR) is 117 cm³/mol. The maximum Gasteiger partial charge on any atom is 0.267 e. The fourth-order valence-corrected chi connectivity index (χ4v) is 6.10. The number of nitrogens with zero attached hydrogens (tertiary/aromatic N) is 4. The number of nitrogens with one attached hydrogen (secondary N) is 1. The van der Waals surface area contributed by atoms with Crippen molar-refractivity contribution in [3.8, 4) is 0 Å². The highest BCUT2D eigenvalue weighted by Crippen LogP contribution is 2.30. The van der Waals surface area contributed by atoms with Gasteiger partial charge in [0.25, 0.3) is 5.56 Å². The lowest BCUT2D eigenvalue weighted by molar-refractivity contribution is 0.148. The van der Waals surface area contributed by atoms with Gasteiger partial charge in [-0.2, -0.15) is 5.10 Å². The van der Waals surface area contributed by atoms with Crippen LogP contribution in [0.15, 0.2) is 10.9 Å². The first kappa shape index (κ1) is 19.2. The van der Waals surface area contributed by atoms with Crippen LogP contribution in [0.25, 0.3) is 0 Å². The molecule has 6 nitrogen and oxygen atoms in total. The van der Waals surface area contributed by atoms with Crippen molar-refractivity contribution in [1.82, 2.24) is 19.7 Å². The Morgan fingerprint density at radius 2 is 1.93 bits per heavy atom. The zero-order chi connectivity index (χ0) is 19.6. The number of likely N-dealkylation sites (tertiary alicyclic amines) is 1. The van der Waals surface area contributed by atoms with Crippen LogP contribution in [0.2, 0.25) is 0 Å². The molecule has 1 atom stereocenters. The highest BCUT2D eigenvalue weighted by Gasteiger charge is 2.23. The van der Waals surface area contributed by atoms with E-state index >= 15 is 0 Å². The Bertz CT molecular complexity index is 897. The SMILES string of the molecule is O=c1cc2c(nn1CCN1CCCCC1CNc1nc3c(s1)CCCC3)CCC2. The Labute approximate surface area is 176 Å². The van der Waals surface area contributed by atoms with Gasteiger partial charge in [-0.3, -0.25) is 9.69 Å². The van der Waals surface area contributed by atoms with Crippen molar-refractivity contribution in [2.45, 2.75) is 76.8 Å². The molecule has 1 saturated heterocycles. The fourth-order valence-electron chi connectivity index (χ4n) is 5.04. The van der Waals surface area contributed by atoms with E-state index in [4.69, 9.17) is 4.98 Å². The third kappa shape index (κ3) is 4.26. The van der Waals surface area contributed by atoms with E-state index in [0.29, 0.717) is 12.6 Å². The molecule has 1 fully saturated rings. The first-order valence-corrected chi connectivity index (χ1v) is 12.1. The Morgan fingerprint density at radius 1 is 1.03 bits per heavy atom.